The topological polar surface area (TPSA) is 105 Å². The number of carbonyl (C=O) groups excluding carboxylic acids is 4. The first-order chi connectivity index (χ1) is 14.5. The third kappa shape index (κ3) is 8.16. The van der Waals surface area contributed by atoms with E-state index >= 15 is 0 Å². The van der Waals surface area contributed by atoms with E-state index in [9.17, 15) is 19.2 Å². The van der Waals surface area contributed by atoms with Crippen LogP contribution < -0.4 is 10.6 Å². The Bertz CT molecular complexity index is 761. The van der Waals surface area contributed by atoms with Crippen molar-refractivity contribution in [3.05, 3.63) is 42.5 Å². The van der Waals surface area contributed by atoms with Gasteiger partial charge in [0.15, 0.2) is 0 Å². The smallest absolute Gasteiger partial charge is 0.250 e. The third-order valence-corrected chi connectivity index (χ3v) is 4.64. The lowest BCUT2D eigenvalue weighted by Gasteiger charge is -2.28. The minimum Gasteiger partial charge on any atom is -0.362 e. The molecule has 1 aliphatic heterocycles. The maximum absolute atomic E-state index is 11.9. The molecule has 30 heavy (non-hydrogen) atoms. The largest absolute Gasteiger partial charge is 0.362 e. The van der Waals surface area contributed by atoms with Crippen LogP contribution in [0, 0.1) is 0 Å². The van der Waals surface area contributed by atoms with Crippen LogP contribution in [0.15, 0.2) is 36.9 Å². The fraction of sp³-hybridized carbons (Fsp3) is 0.455. The molecular weight excluding hydrogens is 386 g/mol. The number of allylic oxidation sites excluding steroid dienone is 1. The van der Waals surface area contributed by atoms with Gasteiger partial charge < -0.3 is 15.4 Å². The number of imide groups is 1. The van der Waals surface area contributed by atoms with Crippen molar-refractivity contribution < 1.29 is 23.9 Å². The number of hydrogen-bond donors (Lipinski definition) is 2. The Hall–Kier alpha value is -3.00. The number of unbranched alkanes of at least 4 members (excludes halogenated alkanes) is 2. The number of hydrogen-bond acceptors (Lipinski definition) is 5. The number of nitrogens with zero attached hydrogens (tertiary/aromatic N) is 1. The van der Waals surface area contributed by atoms with Gasteiger partial charge in [-0.15, -0.1) is 6.58 Å². The first-order valence-electron chi connectivity index (χ1n) is 10.2. The molecule has 0 atom stereocenters. The van der Waals surface area contributed by atoms with Gasteiger partial charge in [0, 0.05) is 31.6 Å². The number of anilines is 1. The lowest BCUT2D eigenvalue weighted by Crippen LogP contribution is -2.47. The molecule has 1 saturated heterocycles. The molecule has 8 nitrogen and oxygen atoms in total. The number of ether oxygens (including phenoxy) is 1. The molecule has 4 amide bonds. The lowest BCUT2D eigenvalue weighted by molar-refractivity contribution is -0.152. The predicted octanol–water partition coefficient (Wildman–Crippen LogP) is 1.81. The molecule has 0 bridgehead atoms. The van der Waals surface area contributed by atoms with Crippen LogP contribution in [-0.2, 0) is 30.3 Å². The normalized spacial score (nSPS) is 12.8. The molecule has 0 radical (unpaired) electrons. The Morgan fingerprint density at radius 3 is 2.47 bits per heavy atom. The molecule has 0 unspecified atom stereocenters. The molecule has 1 aromatic rings. The molecule has 0 saturated carbocycles. The van der Waals surface area contributed by atoms with Crippen LogP contribution in [0.3, 0.4) is 0 Å². The van der Waals surface area contributed by atoms with Crippen LogP contribution in [0.25, 0.3) is 0 Å². The van der Waals surface area contributed by atoms with E-state index in [1.54, 1.807) is 12.1 Å². The van der Waals surface area contributed by atoms with Crippen LogP contribution in [-0.4, -0.2) is 54.8 Å². The number of carbonyl (C=O) groups is 4. The van der Waals surface area contributed by atoms with Gasteiger partial charge >= 0.3 is 0 Å². The molecule has 1 heterocycles. The van der Waals surface area contributed by atoms with E-state index in [0.717, 1.165) is 24.8 Å². The van der Waals surface area contributed by atoms with E-state index in [4.69, 9.17) is 4.74 Å². The van der Waals surface area contributed by atoms with E-state index in [1.807, 2.05) is 18.2 Å². The van der Waals surface area contributed by atoms with Crippen molar-refractivity contribution in [3.63, 3.8) is 0 Å². The van der Waals surface area contributed by atoms with Crippen LogP contribution in [0.2, 0.25) is 0 Å². The average Bonchev–Trinajstić information content (AvgIpc) is 2.72. The molecule has 2 rings (SSSR count). The molecular formula is C22H29N3O5. The highest BCUT2D eigenvalue weighted by Gasteiger charge is 2.29. The van der Waals surface area contributed by atoms with Crippen LogP contribution in [0.1, 0.15) is 37.7 Å². The Morgan fingerprint density at radius 1 is 1.10 bits per heavy atom. The minimum absolute atomic E-state index is 0.110. The van der Waals surface area contributed by atoms with Crippen molar-refractivity contribution in [1.29, 1.82) is 0 Å². The first-order valence-corrected chi connectivity index (χ1v) is 10.2. The minimum atomic E-state index is -0.354. The van der Waals surface area contributed by atoms with Gasteiger partial charge in [0.2, 0.25) is 23.6 Å². The SMILES string of the molecule is C=CCCCCNC(=O)COCC(=O)Nc1ccc(CCC(=O)N2CCC2=O)cc1. The number of rotatable bonds is 13. The van der Waals surface area contributed by atoms with Crippen molar-refractivity contribution in [3.8, 4) is 0 Å². The van der Waals surface area contributed by atoms with Gasteiger partial charge in [0.25, 0.3) is 0 Å². The van der Waals surface area contributed by atoms with Gasteiger partial charge in [-0.1, -0.05) is 18.2 Å². The van der Waals surface area contributed by atoms with Gasteiger partial charge in [-0.25, -0.2) is 0 Å². The monoisotopic (exact) mass is 415 g/mol. The molecule has 1 aliphatic rings. The summed E-state index contributed by atoms with van der Waals surface area (Å²) >= 11 is 0. The highest BCUT2D eigenvalue weighted by atomic mass is 16.5. The fourth-order valence-electron chi connectivity index (χ4n) is 2.85. The molecule has 162 valence electrons. The molecule has 2 N–H and O–H groups in total. The Balaban J connectivity index is 1.59. The number of benzene rings is 1. The summed E-state index contributed by atoms with van der Waals surface area (Å²) in [5, 5.41) is 5.42. The maximum Gasteiger partial charge on any atom is 0.250 e. The molecule has 1 aromatic carbocycles. The number of likely N-dealkylation sites (tertiary alicyclic amines) is 1. The van der Waals surface area contributed by atoms with Gasteiger partial charge in [-0.2, -0.15) is 0 Å². The standard InChI is InChI=1S/C22H29N3O5/c1-2-3-4-5-13-23-19(26)15-30-16-20(27)24-18-9-6-17(7-10-18)8-11-21(28)25-14-12-22(25)29/h2,6-7,9-10H,1,3-5,8,11-16H2,(H,23,26)(H,24,27). The van der Waals surface area contributed by atoms with Crippen molar-refractivity contribution in [2.75, 3.05) is 31.6 Å². The van der Waals surface area contributed by atoms with E-state index in [1.165, 1.54) is 4.90 Å². The zero-order valence-corrected chi connectivity index (χ0v) is 17.2. The molecule has 0 aliphatic carbocycles. The number of amides is 4. The summed E-state index contributed by atoms with van der Waals surface area (Å²) in [5.74, 6) is -0.865. The quantitative estimate of drug-likeness (QED) is 0.290. The molecule has 8 heteroatoms. The second-order valence-corrected chi connectivity index (χ2v) is 7.06. The van der Waals surface area contributed by atoms with Crippen LogP contribution >= 0.6 is 0 Å². The summed E-state index contributed by atoms with van der Waals surface area (Å²) in [5.41, 5.74) is 1.54. The van der Waals surface area contributed by atoms with E-state index in [2.05, 4.69) is 17.2 Å². The summed E-state index contributed by atoms with van der Waals surface area (Å²) in [6, 6.07) is 7.12. The lowest BCUT2D eigenvalue weighted by atomic mass is 10.1. The van der Waals surface area contributed by atoms with Crippen molar-refractivity contribution in [2.24, 2.45) is 0 Å². The Kier molecular flexibility index (Phi) is 9.73. The maximum atomic E-state index is 11.9. The van der Waals surface area contributed by atoms with Crippen molar-refractivity contribution in [2.45, 2.75) is 38.5 Å². The van der Waals surface area contributed by atoms with Gasteiger partial charge in [0.1, 0.15) is 13.2 Å². The second kappa shape index (κ2) is 12.5. The summed E-state index contributed by atoms with van der Waals surface area (Å²) in [6.07, 6.45) is 5.87. The molecule has 1 fully saturated rings. The van der Waals surface area contributed by atoms with E-state index in [-0.39, 0.29) is 43.3 Å². The summed E-state index contributed by atoms with van der Waals surface area (Å²) in [7, 11) is 0. The van der Waals surface area contributed by atoms with Crippen molar-refractivity contribution in [1.82, 2.24) is 10.2 Å². The zero-order chi connectivity index (χ0) is 21.8. The highest BCUT2D eigenvalue weighted by molar-refractivity contribution is 5.99. The predicted molar refractivity (Wildman–Crippen MR) is 113 cm³/mol. The van der Waals surface area contributed by atoms with Gasteiger partial charge in [-0.05, 0) is 43.4 Å². The number of β-lactam (4-membered cyclic amide) rings is 1. The van der Waals surface area contributed by atoms with Crippen molar-refractivity contribution >= 4 is 29.3 Å². The molecule has 0 aromatic heterocycles. The van der Waals surface area contributed by atoms with Crippen LogP contribution in [0.4, 0.5) is 5.69 Å². The Morgan fingerprint density at radius 2 is 1.83 bits per heavy atom. The summed E-state index contributed by atoms with van der Waals surface area (Å²) in [4.78, 5) is 47.9. The molecule has 0 spiro atoms. The first kappa shape index (κ1) is 23.3. The fourth-order valence-corrected chi connectivity index (χ4v) is 2.85. The third-order valence-electron chi connectivity index (χ3n) is 4.64. The average molecular weight is 415 g/mol. The highest BCUT2D eigenvalue weighted by Crippen LogP contribution is 2.14. The number of nitrogens with one attached hydrogen (secondary N) is 2. The zero-order valence-electron chi connectivity index (χ0n) is 17.2. The van der Waals surface area contributed by atoms with E-state index in [0.29, 0.717) is 31.6 Å². The van der Waals surface area contributed by atoms with E-state index < -0.39 is 0 Å². The second-order valence-electron chi connectivity index (χ2n) is 7.06. The Labute approximate surface area is 176 Å². The number of aryl methyl sites for hydroxylation is 1. The summed E-state index contributed by atoms with van der Waals surface area (Å²) in [6.45, 7) is 4.35. The summed E-state index contributed by atoms with van der Waals surface area (Å²) < 4.78 is 5.13. The van der Waals surface area contributed by atoms with Crippen LogP contribution in [0.5, 0.6) is 0 Å². The van der Waals surface area contributed by atoms with Gasteiger partial charge in [-0.3, -0.25) is 24.1 Å². The van der Waals surface area contributed by atoms with Gasteiger partial charge in [0.05, 0.1) is 0 Å².